The highest BCUT2D eigenvalue weighted by atomic mass is 32.2. The molecule has 2 aliphatic heterocycles. The smallest absolute Gasteiger partial charge is 0.362 e. The molecule has 0 aromatic carbocycles. The van der Waals surface area contributed by atoms with E-state index in [0.717, 1.165) is 25.6 Å². The van der Waals surface area contributed by atoms with Gasteiger partial charge in [-0.25, -0.2) is 9.79 Å². The molecule has 12 heteroatoms. The quantitative estimate of drug-likeness (QED) is 0.430. The van der Waals surface area contributed by atoms with Gasteiger partial charge in [0.1, 0.15) is 11.1 Å². The van der Waals surface area contributed by atoms with E-state index in [1.54, 1.807) is 6.92 Å². The third-order valence-corrected chi connectivity index (χ3v) is 5.08. The molecule has 0 bridgehead atoms. The number of ether oxygens (including phenoxy) is 5. The Balaban J connectivity index is 2.35. The van der Waals surface area contributed by atoms with Gasteiger partial charge in [0.25, 0.3) is 5.72 Å². The first-order valence-corrected chi connectivity index (χ1v) is 9.81. The van der Waals surface area contributed by atoms with Gasteiger partial charge in [0.05, 0.1) is 19.0 Å². The van der Waals surface area contributed by atoms with E-state index in [1.165, 1.54) is 6.92 Å². The van der Waals surface area contributed by atoms with Gasteiger partial charge < -0.3 is 28.8 Å². The zero-order valence-electron chi connectivity index (χ0n) is 16.4. The van der Waals surface area contributed by atoms with E-state index < -0.39 is 54.0 Å². The average Bonchev–Trinajstić information content (AvgIpc) is 3.00. The fraction of sp³-hybridized carbons (Fsp3) is 0.706. The van der Waals surface area contributed by atoms with Crippen molar-refractivity contribution in [2.24, 2.45) is 4.99 Å². The molecule has 0 aromatic heterocycles. The van der Waals surface area contributed by atoms with Crippen molar-refractivity contribution < 1.29 is 48.0 Å². The molecule has 1 fully saturated rings. The summed E-state index contributed by atoms with van der Waals surface area (Å²) in [6.45, 7) is 4.95. The molecule has 2 heterocycles. The Morgan fingerprint density at radius 1 is 1.10 bits per heavy atom. The molecule has 11 nitrogen and oxygen atoms in total. The number of thioether (sulfide) groups is 1. The Kier molecular flexibility index (Phi) is 7.60. The molecule has 0 radical (unpaired) electrons. The number of nitrogens with zero attached hydrogens (tertiary/aromatic N) is 1. The van der Waals surface area contributed by atoms with Gasteiger partial charge in [0.15, 0.2) is 18.3 Å². The number of hydrogen-bond acceptors (Lipinski definition) is 12. The highest BCUT2D eigenvalue weighted by molar-refractivity contribution is 8.14. The number of aliphatic hydroxyl groups is 1. The van der Waals surface area contributed by atoms with Gasteiger partial charge in [-0.05, 0) is 6.92 Å². The molecule has 162 valence electrons. The van der Waals surface area contributed by atoms with Crippen molar-refractivity contribution in [1.29, 1.82) is 0 Å². The molecule has 0 aliphatic carbocycles. The van der Waals surface area contributed by atoms with Crippen LogP contribution in [0, 0.1) is 0 Å². The minimum atomic E-state index is -2.11. The van der Waals surface area contributed by atoms with Gasteiger partial charge in [-0.3, -0.25) is 14.4 Å². The molecular formula is C17H23NO10S. The van der Waals surface area contributed by atoms with Crippen LogP contribution in [0.25, 0.3) is 0 Å². The Morgan fingerprint density at radius 2 is 1.69 bits per heavy atom. The fourth-order valence-corrected chi connectivity index (χ4v) is 3.99. The number of hydrogen-bond donors (Lipinski definition) is 1. The zero-order chi connectivity index (χ0) is 21.8. The van der Waals surface area contributed by atoms with Crippen LogP contribution >= 0.6 is 11.8 Å². The zero-order valence-corrected chi connectivity index (χ0v) is 17.2. The topological polar surface area (TPSA) is 147 Å². The molecule has 0 amide bonds. The van der Waals surface area contributed by atoms with Gasteiger partial charge in [-0.1, -0.05) is 0 Å². The van der Waals surface area contributed by atoms with Crippen molar-refractivity contribution in [1.82, 2.24) is 0 Å². The van der Waals surface area contributed by atoms with Crippen LogP contribution < -0.4 is 0 Å². The number of carbonyl (C=O) groups is 4. The van der Waals surface area contributed by atoms with Crippen LogP contribution in [0.15, 0.2) is 4.99 Å². The van der Waals surface area contributed by atoms with Crippen LogP contribution in [0.3, 0.4) is 0 Å². The summed E-state index contributed by atoms with van der Waals surface area (Å²) in [7, 11) is 0. The van der Waals surface area contributed by atoms with Crippen molar-refractivity contribution in [2.75, 3.05) is 19.0 Å². The van der Waals surface area contributed by atoms with Crippen LogP contribution in [0.5, 0.6) is 0 Å². The third-order valence-electron chi connectivity index (χ3n) is 3.91. The molecule has 29 heavy (non-hydrogen) atoms. The molecule has 0 saturated carbocycles. The summed E-state index contributed by atoms with van der Waals surface area (Å²) < 4.78 is 26.2. The lowest BCUT2D eigenvalue weighted by molar-refractivity contribution is -0.216. The van der Waals surface area contributed by atoms with E-state index in [2.05, 4.69) is 4.99 Å². The summed E-state index contributed by atoms with van der Waals surface area (Å²) in [5.41, 5.74) is -2.11. The van der Waals surface area contributed by atoms with Crippen molar-refractivity contribution in [3.8, 4) is 0 Å². The number of aliphatic imine (C=N–C) groups is 1. The second-order valence-electron chi connectivity index (χ2n) is 6.33. The van der Waals surface area contributed by atoms with E-state index in [9.17, 15) is 24.3 Å². The lowest BCUT2D eigenvalue weighted by Gasteiger charge is -2.40. The van der Waals surface area contributed by atoms with Gasteiger partial charge in [-0.15, -0.1) is 11.8 Å². The first-order chi connectivity index (χ1) is 13.6. The summed E-state index contributed by atoms with van der Waals surface area (Å²) in [6.07, 6.45) is -4.46. The van der Waals surface area contributed by atoms with Crippen molar-refractivity contribution >= 4 is 40.7 Å². The molecule has 0 spiro atoms. The highest BCUT2D eigenvalue weighted by Gasteiger charge is 2.52. The maximum atomic E-state index is 12.0. The van der Waals surface area contributed by atoms with Crippen molar-refractivity contribution in [2.45, 2.75) is 57.8 Å². The van der Waals surface area contributed by atoms with Crippen LogP contribution in [0.1, 0.15) is 27.7 Å². The minimum Gasteiger partial charge on any atom is -0.462 e. The van der Waals surface area contributed by atoms with Crippen molar-refractivity contribution in [3.05, 3.63) is 0 Å². The summed E-state index contributed by atoms with van der Waals surface area (Å²) in [5.74, 6) is -3.07. The minimum absolute atomic E-state index is 0.0608. The molecule has 1 unspecified atom stereocenters. The summed E-state index contributed by atoms with van der Waals surface area (Å²) in [4.78, 5) is 50.6. The highest BCUT2D eigenvalue weighted by Crippen LogP contribution is 2.34. The monoisotopic (exact) mass is 433 g/mol. The van der Waals surface area contributed by atoms with Crippen molar-refractivity contribution in [3.63, 3.8) is 0 Å². The SMILES string of the molecule is CCOC(=O)C1(O)CSC([C@@H]2OC[C@H](OC(C)=O)[C@H](OC(C)=O)[C@H]2OC(C)=O)=N1. The van der Waals surface area contributed by atoms with E-state index in [4.69, 9.17) is 23.7 Å². The van der Waals surface area contributed by atoms with Crippen LogP contribution in [-0.4, -0.2) is 83.1 Å². The molecule has 5 atom stereocenters. The van der Waals surface area contributed by atoms with Gasteiger partial charge in [0.2, 0.25) is 0 Å². The molecule has 1 N–H and O–H groups in total. The second kappa shape index (κ2) is 9.55. The largest absolute Gasteiger partial charge is 0.462 e. The maximum absolute atomic E-state index is 12.0. The normalized spacial score (nSPS) is 31.4. The second-order valence-corrected chi connectivity index (χ2v) is 7.32. The predicted octanol–water partition coefficient (Wildman–Crippen LogP) is -0.423. The van der Waals surface area contributed by atoms with Crippen LogP contribution in [0.4, 0.5) is 0 Å². The maximum Gasteiger partial charge on any atom is 0.362 e. The predicted molar refractivity (Wildman–Crippen MR) is 97.9 cm³/mol. The van der Waals surface area contributed by atoms with Gasteiger partial charge in [0, 0.05) is 20.8 Å². The molecule has 2 aliphatic rings. The molecule has 2 rings (SSSR count). The summed E-state index contributed by atoms with van der Waals surface area (Å²) in [6, 6.07) is 0. The first kappa shape index (κ1) is 23.1. The van der Waals surface area contributed by atoms with E-state index >= 15 is 0 Å². The molecular weight excluding hydrogens is 410 g/mol. The Bertz CT molecular complexity index is 710. The van der Waals surface area contributed by atoms with Crippen LogP contribution in [-0.2, 0) is 42.9 Å². The summed E-state index contributed by atoms with van der Waals surface area (Å²) >= 11 is 1.01. The third kappa shape index (κ3) is 5.67. The Labute approximate surface area is 171 Å². The van der Waals surface area contributed by atoms with E-state index in [-0.39, 0.29) is 24.0 Å². The number of rotatable bonds is 6. The number of esters is 4. The lowest BCUT2D eigenvalue weighted by Crippen LogP contribution is -2.59. The molecule has 0 aromatic rings. The van der Waals surface area contributed by atoms with E-state index in [0.29, 0.717) is 0 Å². The lowest BCUT2D eigenvalue weighted by atomic mass is 9.99. The average molecular weight is 433 g/mol. The Morgan fingerprint density at radius 3 is 2.24 bits per heavy atom. The summed E-state index contributed by atoms with van der Waals surface area (Å²) in [5, 5.41) is 10.6. The first-order valence-electron chi connectivity index (χ1n) is 8.82. The fourth-order valence-electron chi connectivity index (χ4n) is 2.87. The Hall–Kier alpha value is -2.18. The van der Waals surface area contributed by atoms with E-state index in [1.807, 2.05) is 0 Å². The standard InChI is InChI=1S/C17H23NO10S/c1-5-24-16(22)17(23)7-29-15(18-17)14-13(28-10(4)21)12(27-9(3)20)11(6-25-14)26-8(2)19/h11-14,23H,5-7H2,1-4H3/t11-,12-,13+,14+,17?/m0/s1. The van der Waals surface area contributed by atoms with Gasteiger partial charge in [-0.2, -0.15) is 0 Å². The van der Waals surface area contributed by atoms with Gasteiger partial charge >= 0.3 is 23.9 Å². The van der Waals surface area contributed by atoms with Crippen LogP contribution in [0.2, 0.25) is 0 Å². The molecule has 1 saturated heterocycles. The number of carbonyl (C=O) groups excluding carboxylic acids is 4.